The molecule has 0 aliphatic rings. The van der Waals surface area contributed by atoms with Gasteiger partial charge in [-0.1, -0.05) is 18.2 Å². The van der Waals surface area contributed by atoms with Gasteiger partial charge >= 0.3 is 11.9 Å². The Kier molecular flexibility index (Phi) is 4.89. The van der Waals surface area contributed by atoms with Gasteiger partial charge in [-0.25, -0.2) is 0 Å². The predicted octanol–water partition coefficient (Wildman–Crippen LogP) is 2.73. The van der Waals surface area contributed by atoms with Crippen LogP contribution in [0.15, 0.2) is 18.2 Å². The number of carboxylic acids is 2. The third-order valence-electron chi connectivity index (χ3n) is 3.20. The first kappa shape index (κ1) is 14.2. The van der Waals surface area contributed by atoms with E-state index in [9.17, 15) is 14.7 Å². The zero-order chi connectivity index (χ0) is 13.7. The molecule has 0 aliphatic heterocycles. The first-order chi connectivity index (χ1) is 8.43. The first-order valence-corrected chi connectivity index (χ1v) is 5.94. The van der Waals surface area contributed by atoms with Crippen LogP contribution in [0, 0.1) is 13.8 Å². The molecule has 0 bridgehead atoms. The molecule has 98 valence electrons. The molecule has 0 saturated carbocycles. The van der Waals surface area contributed by atoms with Crippen LogP contribution in [0.5, 0.6) is 0 Å². The molecule has 0 amide bonds. The molecule has 4 nitrogen and oxygen atoms in total. The molecule has 1 unspecified atom stereocenters. The van der Waals surface area contributed by atoms with Crippen molar-refractivity contribution in [2.24, 2.45) is 0 Å². The molecule has 2 N–H and O–H groups in total. The lowest BCUT2D eigenvalue weighted by atomic mass is 9.88. The molecule has 18 heavy (non-hydrogen) atoms. The molecule has 0 aromatic heterocycles. The van der Waals surface area contributed by atoms with Crippen molar-refractivity contribution >= 4 is 11.9 Å². The van der Waals surface area contributed by atoms with Gasteiger partial charge in [0.25, 0.3) is 0 Å². The lowest BCUT2D eigenvalue weighted by Crippen LogP contribution is -2.14. The van der Waals surface area contributed by atoms with Crippen LogP contribution in [0.4, 0.5) is 0 Å². The quantitative estimate of drug-likeness (QED) is 0.814. The molecule has 4 heteroatoms. The summed E-state index contributed by atoms with van der Waals surface area (Å²) in [6.45, 7) is 3.84. The lowest BCUT2D eigenvalue weighted by Gasteiger charge is -2.16. The Balaban J connectivity index is 2.88. The minimum absolute atomic E-state index is 0.00857. The van der Waals surface area contributed by atoms with Crippen LogP contribution in [0.3, 0.4) is 0 Å². The van der Waals surface area contributed by atoms with Gasteiger partial charge in [0, 0.05) is 6.42 Å². The van der Waals surface area contributed by atoms with E-state index >= 15 is 0 Å². The molecule has 0 spiro atoms. The number of rotatable bonds is 6. The third-order valence-corrected chi connectivity index (χ3v) is 3.20. The zero-order valence-corrected chi connectivity index (χ0v) is 10.6. The molecule has 1 rings (SSSR count). The minimum atomic E-state index is -0.894. The van der Waals surface area contributed by atoms with Crippen molar-refractivity contribution in [1.82, 2.24) is 0 Å². The van der Waals surface area contributed by atoms with Crippen molar-refractivity contribution in [3.05, 3.63) is 34.9 Å². The van der Waals surface area contributed by atoms with Gasteiger partial charge in [-0.15, -0.1) is 0 Å². The predicted molar refractivity (Wildman–Crippen MR) is 67.8 cm³/mol. The maximum absolute atomic E-state index is 11.3. The van der Waals surface area contributed by atoms with Gasteiger partial charge < -0.3 is 10.2 Å². The smallest absolute Gasteiger partial charge is 0.310 e. The Labute approximate surface area is 106 Å². The van der Waals surface area contributed by atoms with E-state index < -0.39 is 17.9 Å². The summed E-state index contributed by atoms with van der Waals surface area (Å²) < 4.78 is 0. The Morgan fingerprint density at radius 3 is 2.44 bits per heavy atom. The maximum Gasteiger partial charge on any atom is 0.310 e. The van der Waals surface area contributed by atoms with Gasteiger partial charge in [0.05, 0.1) is 5.92 Å². The molecule has 0 saturated heterocycles. The van der Waals surface area contributed by atoms with Crippen LogP contribution in [0.1, 0.15) is 41.9 Å². The molecule has 0 fully saturated rings. The fourth-order valence-electron chi connectivity index (χ4n) is 2.02. The minimum Gasteiger partial charge on any atom is -0.481 e. The highest BCUT2D eigenvalue weighted by molar-refractivity contribution is 5.77. The zero-order valence-electron chi connectivity index (χ0n) is 10.6. The number of carbonyl (C=O) groups is 2. The number of hydrogen-bond donors (Lipinski definition) is 2. The summed E-state index contributed by atoms with van der Waals surface area (Å²) in [6, 6.07) is 5.59. The topological polar surface area (TPSA) is 74.6 Å². The van der Waals surface area contributed by atoms with Gasteiger partial charge in [-0.05, 0) is 43.4 Å². The van der Waals surface area contributed by atoms with E-state index in [4.69, 9.17) is 5.11 Å². The molecule has 0 heterocycles. The van der Waals surface area contributed by atoms with E-state index in [-0.39, 0.29) is 6.42 Å². The lowest BCUT2D eigenvalue weighted by molar-refractivity contribution is -0.140. The highest BCUT2D eigenvalue weighted by atomic mass is 16.4. The number of benzene rings is 1. The van der Waals surface area contributed by atoms with Crippen LogP contribution in [-0.4, -0.2) is 22.2 Å². The molecule has 1 atom stereocenters. The number of aliphatic carboxylic acids is 2. The van der Waals surface area contributed by atoms with Gasteiger partial charge in [-0.3, -0.25) is 9.59 Å². The summed E-state index contributed by atoms with van der Waals surface area (Å²) >= 11 is 0. The summed E-state index contributed by atoms with van der Waals surface area (Å²) in [7, 11) is 0. The molecule has 0 aliphatic carbocycles. The number of hydrogen-bond acceptors (Lipinski definition) is 2. The fraction of sp³-hybridized carbons (Fsp3) is 0.429. The van der Waals surface area contributed by atoms with Crippen LogP contribution in [-0.2, 0) is 9.59 Å². The Morgan fingerprint density at radius 2 is 1.89 bits per heavy atom. The van der Waals surface area contributed by atoms with Crippen LogP contribution in [0.25, 0.3) is 0 Å². The third kappa shape index (κ3) is 3.58. The van der Waals surface area contributed by atoms with Crippen molar-refractivity contribution in [2.75, 3.05) is 0 Å². The summed E-state index contributed by atoms with van der Waals surface area (Å²) in [6.07, 6.45) is 0.736. The van der Waals surface area contributed by atoms with Gasteiger partial charge in [0.15, 0.2) is 0 Å². The highest BCUT2D eigenvalue weighted by Crippen LogP contribution is 2.27. The second-order valence-electron chi connectivity index (χ2n) is 4.47. The molecule has 0 radical (unpaired) electrons. The normalized spacial score (nSPS) is 12.1. The van der Waals surface area contributed by atoms with E-state index in [2.05, 4.69) is 0 Å². The average Bonchev–Trinajstić information content (AvgIpc) is 2.28. The Hall–Kier alpha value is -1.84. The molecular weight excluding hydrogens is 232 g/mol. The summed E-state index contributed by atoms with van der Waals surface area (Å²) in [5, 5.41) is 17.8. The van der Waals surface area contributed by atoms with Crippen molar-refractivity contribution in [2.45, 2.75) is 39.0 Å². The summed E-state index contributed by atoms with van der Waals surface area (Å²) in [5.74, 6) is -2.40. The van der Waals surface area contributed by atoms with Gasteiger partial charge in [0.1, 0.15) is 0 Å². The van der Waals surface area contributed by atoms with Crippen molar-refractivity contribution in [1.29, 1.82) is 0 Å². The number of carboxylic acid groups (broad SMARTS) is 2. The van der Waals surface area contributed by atoms with E-state index in [0.717, 1.165) is 16.7 Å². The molecule has 1 aromatic rings. The van der Waals surface area contributed by atoms with Crippen LogP contribution < -0.4 is 0 Å². The Morgan fingerprint density at radius 1 is 1.22 bits per heavy atom. The van der Waals surface area contributed by atoms with Crippen molar-refractivity contribution in [3.63, 3.8) is 0 Å². The second-order valence-corrected chi connectivity index (χ2v) is 4.47. The fourth-order valence-corrected chi connectivity index (χ4v) is 2.02. The summed E-state index contributed by atoms with van der Waals surface area (Å²) in [4.78, 5) is 21.8. The number of aryl methyl sites for hydroxylation is 1. The summed E-state index contributed by atoms with van der Waals surface area (Å²) in [5.41, 5.74) is 2.81. The second kappa shape index (κ2) is 6.19. The first-order valence-electron chi connectivity index (χ1n) is 5.94. The average molecular weight is 250 g/mol. The molecular formula is C14H18O4. The van der Waals surface area contributed by atoms with Gasteiger partial charge in [-0.2, -0.15) is 0 Å². The van der Waals surface area contributed by atoms with Gasteiger partial charge in [0.2, 0.25) is 0 Å². The maximum atomic E-state index is 11.3. The van der Waals surface area contributed by atoms with Crippen LogP contribution >= 0.6 is 0 Å². The monoisotopic (exact) mass is 250 g/mol. The largest absolute Gasteiger partial charge is 0.481 e. The van der Waals surface area contributed by atoms with Crippen molar-refractivity contribution in [3.8, 4) is 0 Å². The standard InChI is InChI=1S/C14H18O4/c1-9-5-3-6-11(10(9)2)12(14(17)18)7-4-8-13(15)16/h3,5-6,12H,4,7-8H2,1-2H3,(H,15,16)(H,17,18). The SMILES string of the molecule is Cc1cccc(C(CCCC(=O)O)C(=O)O)c1C. The molecule has 1 aromatic carbocycles. The highest BCUT2D eigenvalue weighted by Gasteiger charge is 2.21. The van der Waals surface area contributed by atoms with E-state index in [1.807, 2.05) is 32.0 Å². The van der Waals surface area contributed by atoms with Crippen LogP contribution in [0.2, 0.25) is 0 Å². The Bertz CT molecular complexity index is 451. The van der Waals surface area contributed by atoms with E-state index in [0.29, 0.717) is 12.8 Å². The van der Waals surface area contributed by atoms with E-state index in [1.54, 1.807) is 0 Å². The van der Waals surface area contributed by atoms with E-state index in [1.165, 1.54) is 0 Å². The van der Waals surface area contributed by atoms with Crippen molar-refractivity contribution < 1.29 is 19.8 Å².